The molecule has 4 heteroatoms. The van der Waals surface area contributed by atoms with Crippen molar-refractivity contribution < 1.29 is 4.79 Å². The quantitative estimate of drug-likeness (QED) is 0.839. The van der Waals surface area contributed by atoms with Gasteiger partial charge in [0, 0.05) is 6.54 Å². The van der Waals surface area contributed by atoms with Crippen molar-refractivity contribution in [2.24, 2.45) is 34.8 Å². The summed E-state index contributed by atoms with van der Waals surface area (Å²) in [4.78, 5) is 12.0. The Labute approximate surface area is 128 Å². The van der Waals surface area contributed by atoms with Crippen LogP contribution in [-0.2, 0) is 4.79 Å². The molecule has 4 rings (SSSR count). The van der Waals surface area contributed by atoms with Crippen LogP contribution in [0.3, 0.4) is 0 Å². The molecular formula is C16H29ClN2O. The normalized spacial score (nSPS) is 39.5. The molecule has 20 heavy (non-hydrogen) atoms. The van der Waals surface area contributed by atoms with Crippen LogP contribution in [0.5, 0.6) is 0 Å². The van der Waals surface area contributed by atoms with Crippen LogP contribution < -0.4 is 11.1 Å². The molecule has 3 nitrogen and oxygen atoms in total. The minimum Gasteiger partial charge on any atom is -0.354 e. The zero-order chi connectivity index (χ0) is 13.6. The Bertz CT molecular complexity index is 334. The summed E-state index contributed by atoms with van der Waals surface area (Å²) in [5.74, 6) is 3.10. The summed E-state index contributed by atoms with van der Waals surface area (Å²) < 4.78 is 0. The number of nitrogens with two attached hydrogens (primary N) is 1. The summed E-state index contributed by atoms with van der Waals surface area (Å²) in [6, 6.07) is -0.353. The van der Waals surface area contributed by atoms with E-state index < -0.39 is 0 Å². The molecule has 0 spiro atoms. The molecule has 0 unspecified atom stereocenters. The first-order chi connectivity index (χ1) is 8.97. The first-order valence-electron chi connectivity index (χ1n) is 8.01. The van der Waals surface area contributed by atoms with E-state index in [4.69, 9.17) is 5.73 Å². The maximum Gasteiger partial charge on any atom is 0.237 e. The van der Waals surface area contributed by atoms with Crippen molar-refractivity contribution in [3.05, 3.63) is 0 Å². The molecule has 0 aromatic rings. The molecule has 0 aromatic heterocycles. The molecule has 4 aliphatic rings. The molecule has 4 bridgehead atoms. The van der Waals surface area contributed by atoms with Crippen molar-refractivity contribution >= 4 is 18.3 Å². The highest BCUT2D eigenvalue weighted by atomic mass is 35.5. The molecule has 1 atom stereocenters. The topological polar surface area (TPSA) is 55.1 Å². The zero-order valence-electron chi connectivity index (χ0n) is 12.7. The summed E-state index contributed by atoms with van der Waals surface area (Å²) >= 11 is 0. The molecule has 4 fully saturated rings. The van der Waals surface area contributed by atoms with Crippen LogP contribution in [0, 0.1) is 29.1 Å². The predicted octanol–water partition coefficient (Wildman–Crippen LogP) is 2.72. The maximum absolute atomic E-state index is 12.0. The minimum absolute atomic E-state index is 0. The fourth-order valence-electron chi connectivity index (χ4n) is 5.20. The zero-order valence-corrected chi connectivity index (χ0v) is 13.5. The van der Waals surface area contributed by atoms with Gasteiger partial charge in [-0.2, -0.15) is 0 Å². The van der Waals surface area contributed by atoms with Crippen molar-refractivity contribution in [1.29, 1.82) is 0 Å². The van der Waals surface area contributed by atoms with Crippen molar-refractivity contribution in [2.75, 3.05) is 6.54 Å². The number of rotatable bonds is 4. The number of carbonyl (C=O) groups is 1. The van der Waals surface area contributed by atoms with E-state index >= 15 is 0 Å². The number of carbonyl (C=O) groups excluding carboxylic acids is 1. The number of amides is 1. The Morgan fingerprint density at radius 2 is 1.60 bits per heavy atom. The first kappa shape index (κ1) is 16.1. The molecular weight excluding hydrogens is 272 g/mol. The second kappa shape index (κ2) is 5.84. The highest BCUT2D eigenvalue weighted by Gasteiger charge is 2.50. The Morgan fingerprint density at radius 3 is 2.00 bits per heavy atom. The van der Waals surface area contributed by atoms with E-state index in [1.165, 1.54) is 38.5 Å². The van der Waals surface area contributed by atoms with Gasteiger partial charge in [-0.3, -0.25) is 4.79 Å². The number of hydrogen-bond acceptors (Lipinski definition) is 2. The Kier molecular flexibility index (Phi) is 4.70. The van der Waals surface area contributed by atoms with Crippen LogP contribution in [0.2, 0.25) is 0 Å². The highest BCUT2D eigenvalue weighted by molar-refractivity contribution is 5.85. The first-order valence-corrected chi connectivity index (χ1v) is 8.01. The predicted molar refractivity (Wildman–Crippen MR) is 83.7 cm³/mol. The van der Waals surface area contributed by atoms with Crippen LogP contribution in [-0.4, -0.2) is 18.5 Å². The van der Waals surface area contributed by atoms with Crippen LogP contribution in [0.15, 0.2) is 0 Å². The number of hydrogen-bond donors (Lipinski definition) is 2. The Morgan fingerprint density at radius 1 is 1.15 bits per heavy atom. The van der Waals surface area contributed by atoms with Gasteiger partial charge in [0.15, 0.2) is 0 Å². The molecule has 3 N–H and O–H groups in total. The van der Waals surface area contributed by atoms with Gasteiger partial charge >= 0.3 is 0 Å². The van der Waals surface area contributed by atoms with Crippen molar-refractivity contribution in [3.8, 4) is 0 Å². The van der Waals surface area contributed by atoms with E-state index in [-0.39, 0.29) is 30.3 Å². The maximum atomic E-state index is 12.0. The Balaban J connectivity index is 0.00000147. The highest BCUT2D eigenvalue weighted by Crippen LogP contribution is 2.59. The van der Waals surface area contributed by atoms with Gasteiger partial charge in [-0.25, -0.2) is 0 Å². The van der Waals surface area contributed by atoms with Crippen molar-refractivity contribution in [2.45, 2.75) is 58.4 Å². The third kappa shape index (κ3) is 2.99. The summed E-state index contributed by atoms with van der Waals surface area (Å²) in [5.41, 5.74) is 6.34. The van der Waals surface area contributed by atoms with Gasteiger partial charge in [0.05, 0.1) is 6.04 Å². The van der Waals surface area contributed by atoms with E-state index in [1.54, 1.807) is 0 Å². The van der Waals surface area contributed by atoms with Crippen LogP contribution in [0.4, 0.5) is 0 Å². The molecule has 0 saturated heterocycles. The summed E-state index contributed by atoms with van der Waals surface area (Å²) in [7, 11) is 0. The van der Waals surface area contributed by atoms with E-state index in [0.717, 1.165) is 24.3 Å². The third-order valence-electron chi connectivity index (χ3n) is 5.82. The smallest absolute Gasteiger partial charge is 0.237 e. The lowest BCUT2D eigenvalue weighted by Gasteiger charge is -2.57. The van der Waals surface area contributed by atoms with Crippen LogP contribution in [0.1, 0.15) is 52.4 Å². The van der Waals surface area contributed by atoms with E-state index in [1.807, 2.05) is 13.8 Å². The summed E-state index contributed by atoms with van der Waals surface area (Å²) in [6.07, 6.45) is 8.40. The fourth-order valence-corrected chi connectivity index (χ4v) is 5.20. The third-order valence-corrected chi connectivity index (χ3v) is 5.82. The summed E-state index contributed by atoms with van der Waals surface area (Å²) in [6.45, 7) is 4.89. The van der Waals surface area contributed by atoms with Gasteiger partial charge < -0.3 is 11.1 Å². The molecule has 0 heterocycles. The molecule has 0 aromatic carbocycles. The lowest BCUT2D eigenvalue weighted by Crippen LogP contribution is -2.53. The van der Waals surface area contributed by atoms with Crippen LogP contribution in [0.25, 0.3) is 0 Å². The van der Waals surface area contributed by atoms with Gasteiger partial charge in [0.25, 0.3) is 0 Å². The van der Waals surface area contributed by atoms with Crippen molar-refractivity contribution in [1.82, 2.24) is 5.32 Å². The monoisotopic (exact) mass is 300 g/mol. The average molecular weight is 301 g/mol. The van der Waals surface area contributed by atoms with E-state index in [0.29, 0.717) is 5.41 Å². The van der Waals surface area contributed by atoms with Gasteiger partial charge in [-0.05, 0) is 67.6 Å². The fraction of sp³-hybridized carbons (Fsp3) is 0.938. The molecule has 116 valence electrons. The van der Waals surface area contributed by atoms with Gasteiger partial charge in [-0.1, -0.05) is 13.8 Å². The average Bonchev–Trinajstić information content (AvgIpc) is 2.33. The standard InChI is InChI=1S/C16H28N2O.ClH/c1-10(2)14(17)15(19)18-9-16-6-11-3-12(7-16)5-13(4-11)8-16;/h10-14H,3-9,17H2,1-2H3,(H,18,19);1H/t11?,12?,13?,14-,16?;/m0./s1. The summed E-state index contributed by atoms with van der Waals surface area (Å²) in [5, 5.41) is 3.16. The number of halogens is 1. The van der Waals surface area contributed by atoms with Gasteiger partial charge in [-0.15, -0.1) is 12.4 Å². The Hall–Kier alpha value is -0.280. The lowest BCUT2D eigenvalue weighted by atomic mass is 9.49. The van der Waals surface area contributed by atoms with E-state index in [2.05, 4.69) is 5.32 Å². The molecule has 0 radical (unpaired) electrons. The second-order valence-electron chi connectivity index (χ2n) is 7.91. The number of nitrogens with one attached hydrogen (secondary N) is 1. The molecule has 4 aliphatic carbocycles. The molecule has 0 aliphatic heterocycles. The lowest BCUT2D eigenvalue weighted by molar-refractivity contribution is -0.125. The molecule has 1 amide bonds. The SMILES string of the molecule is CC(C)[C@H](N)C(=O)NCC12CC3CC(CC(C3)C1)C2.Cl. The second-order valence-corrected chi connectivity index (χ2v) is 7.91. The van der Waals surface area contributed by atoms with Gasteiger partial charge in [0.2, 0.25) is 5.91 Å². The molecule has 4 saturated carbocycles. The largest absolute Gasteiger partial charge is 0.354 e. The van der Waals surface area contributed by atoms with Crippen molar-refractivity contribution in [3.63, 3.8) is 0 Å². The van der Waals surface area contributed by atoms with Gasteiger partial charge in [0.1, 0.15) is 0 Å². The van der Waals surface area contributed by atoms with Crippen LogP contribution >= 0.6 is 12.4 Å². The van der Waals surface area contributed by atoms with E-state index in [9.17, 15) is 4.79 Å². The minimum atomic E-state index is -0.353.